The Bertz CT molecular complexity index is 764. The van der Waals surface area contributed by atoms with Gasteiger partial charge in [-0.05, 0) is 56.1 Å². The molecule has 28 heavy (non-hydrogen) atoms. The summed E-state index contributed by atoms with van der Waals surface area (Å²) in [4.78, 5) is 2.56. The van der Waals surface area contributed by atoms with Crippen molar-refractivity contribution in [2.24, 2.45) is 0 Å². The number of benzene rings is 2. The monoisotopic (exact) mass is 446 g/mol. The summed E-state index contributed by atoms with van der Waals surface area (Å²) in [6.45, 7) is 9.05. The minimum atomic E-state index is 0.523. The van der Waals surface area contributed by atoms with Gasteiger partial charge in [-0.2, -0.15) is 0 Å². The molecule has 2 aromatic carbocycles. The Kier molecular flexibility index (Phi) is 7.77. The number of nitrogens with one attached hydrogen (secondary N) is 1. The van der Waals surface area contributed by atoms with E-state index in [4.69, 9.17) is 9.47 Å². The molecule has 0 saturated carbocycles. The van der Waals surface area contributed by atoms with Gasteiger partial charge < -0.3 is 14.8 Å². The van der Waals surface area contributed by atoms with E-state index in [0.717, 1.165) is 41.2 Å². The third-order valence-corrected chi connectivity index (χ3v) is 6.19. The van der Waals surface area contributed by atoms with E-state index >= 15 is 0 Å². The number of aryl methyl sites for hydroxylation is 1. The number of hydrogen-bond donors (Lipinski definition) is 1. The molecule has 1 saturated heterocycles. The average Bonchev–Trinajstić information content (AvgIpc) is 3.16. The SMILES string of the molecule is CCN1CCCC1CNCc1cc(OC)c(OCc2ccc(C)cc2)cc1Br. The lowest BCUT2D eigenvalue weighted by atomic mass is 10.1. The van der Waals surface area contributed by atoms with Crippen LogP contribution in [0, 0.1) is 6.92 Å². The summed E-state index contributed by atoms with van der Waals surface area (Å²) < 4.78 is 12.6. The molecule has 0 aromatic heterocycles. The van der Waals surface area contributed by atoms with E-state index in [2.05, 4.69) is 70.3 Å². The van der Waals surface area contributed by atoms with Gasteiger partial charge in [0.05, 0.1) is 7.11 Å². The molecule has 1 N–H and O–H groups in total. The van der Waals surface area contributed by atoms with Crippen LogP contribution in [0.3, 0.4) is 0 Å². The smallest absolute Gasteiger partial charge is 0.162 e. The Morgan fingerprint density at radius 3 is 2.68 bits per heavy atom. The number of methoxy groups -OCH3 is 1. The molecular weight excluding hydrogens is 416 g/mol. The van der Waals surface area contributed by atoms with E-state index in [1.807, 2.05) is 6.07 Å². The second kappa shape index (κ2) is 10.3. The third-order valence-electron chi connectivity index (χ3n) is 5.45. The first-order valence-electron chi connectivity index (χ1n) is 10.1. The van der Waals surface area contributed by atoms with Gasteiger partial charge in [-0.3, -0.25) is 4.90 Å². The molecule has 4 nitrogen and oxygen atoms in total. The molecule has 5 heteroatoms. The molecule has 0 amide bonds. The molecule has 0 aliphatic carbocycles. The molecular formula is C23H31BrN2O2. The van der Waals surface area contributed by atoms with E-state index in [9.17, 15) is 0 Å². The van der Waals surface area contributed by atoms with Crippen LogP contribution in [-0.4, -0.2) is 37.7 Å². The highest BCUT2D eigenvalue weighted by Gasteiger charge is 2.22. The van der Waals surface area contributed by atoms with Crippen LogP contribution in [0.15, 0.2) is 40.9 Å². The Hall–Kier alpha value is -1.56. The van der Waals surface area contributed by atoms with Crippen molar-refractivity contribution in [2.45, 2.75) is 45.9 Å². The van der Waals surface area contributed by atoms with Crippen molar-refractivity contribution in [3.05, 3.63) is 57.6 Å². The van der Waals surface area contributed by atoms with Gasteiger partial charge in [-0.15, -0.1) is 0 Å². The quantitative estimate of drug-likeness (QED) is 0.592. The molecule has 1 heterocycles. The molecule has 1 atom stereocenters. The van der Waals surface area contributed by atoms with E-state index in [1.165, 1.54) is 30.5 Å². The standard InChI is InChI=1S/C23H31BrN2O2/c1-4-26-11-5-6-20(26)15-25-14-19-12-22(27-3)23(13-21(19)24)28-16-18-9-7-17(2)8-10-18/h7-10,12-13,20,25H,4-6,11,14-16H2,1-3H3. The molecule has 3 rings (SSSR count). The fraction of sp³-hybridized carbons (Fsp3) is 0.478. The van der Waals surface area contributed by atoms with Gasteiger partial charge in [0.1, 0.15) is 6.61 Å². The van der Waals surface area contributed by atoms with Crippen molar-refractivity contribution in [3.63, 3.8) is 0 Å². The Labute approximate surface area is 177 Å². The van der Waals surface area contributed by atoms with Gasteiger partial charge in [0.25, 0.3) is 0 Å². The molecule has 1 unspecified atom stereocenters. The predicted octanol–water partition coefficient (Wildman–Crippen LogP) is 4.92. The Morgan fingerprint density at radius 1 is 1.18 bits per heavy atom. The second-order valence-electron chi connectivity index (χ2n) is 7.42. The van der Waals surface area contributed by atoms with Crippen molar-refractivity contribution in [1.29, 1.82) is 0 Å². The minimum Gasteiger partial charge on any atom is -0.493 e. The number of likely N-dealkylation sites (N-methyl/N-ethyl adjacent to an activating group) is 1. The lowest BCUT2D eigenvalue weighted by Gasteiger charge is -2.23. The Balaban J connectivity index is 1.59. The van der Waals surface area contributed by atoms with E-state index in [1.54, 1.807) is 7.11 Å². The van der Waals surface area contributed by atoms with Gasteiger partial charge in [-0.25, -0.2) is 0 Å². The minimum absolute atomic E-state index is 0.523. The van der Waals surface area contributed by atoms with Crippen LogP contribution in [-0.2, 0) is 13.2 Å². The summed E-state index contributed by atoms with van der Waals surface area (Å²) >= 11 is 3.70. The summed E-state index contributed by atoms with van der Waals surface area (Å²) in [7, 11) is 1.69. The number of nitrogens with zero attached hydrogens (tertiary/aromatic N) is 1. The average molecular weight is 447 g/mol. The normalized spacial score (nSPS) is 17.1. The van der Waals surface area contributed by atoms with Crippen LogP contribution in [0.25, 0.3) is 0 Å². The number of ether oxygens (including phenoxy) is 2. The van der Waals surface area contributed by atoms with Crippen LogP contribution in [0.4, 0.5) is 0 Å². The number of rotatable bonds is 9. The van der Waals surface area contributed by atoms with Crippen LogP contribution < -0.4 is 14.8 Å². The molecule has 1 fully saturated rings. The van der Waals surface area contributed by atoms with Crippen molar-refractivity contribution < 1.29 is 9.47 Å². The summed E-state index contributed by atoms with van der Waals surface area (Å²) in [5, 5.41) is 3.61. The van der Waals surface area contributed by atoms with Gasteiger partial charge in [-0.1, -0.05) is 52.7 Å². The van der Waals surface area contributed by atoms with Crippen molar-refractivity contribution in [2.75, 3.05) is 26.7 Å². The highest BCUT2D eigenvalue weighted by molar-refractivity contribution is 9.10. The van der Waals surface area contributed by atoms with Crippen molar-refractivity contribution in [3.8, 4) is 11.5 Å². The lowest BCUT2D eigenvalue weighted by Crippen LogP contribution is -2.37. The fourth-order valence-corrected chi connectivity index (χ4v) is 4.21. The van der Waals surface area contributed by atoms with Crippen LogP contribution in [0.2, 0.25) is 0 Å². The predicted molar refractivity (Wildman–Crippen MR) is 118 cm³/mol. The molecule has 0 spiro atoms. The molecule has 152 valence electrons. The van der Waals surface area contributed by atoms with Gasteiger partial charge in [0.2, 0.25) is 0 Å². The summed E-state index contributed by atoms with van der Waals surface area (Å²) in [6.07, 6.45) is 2.60. The zero-order chi connectivity index (χ0) is 19.9. The zero-order valence-corrected chi connectivity index (χ0v) is 18.7. The highest BCUT2D eigenvalue weighted by atomic mass is 79.9. The van der Waals surface area contributed by atoms with E-state index in [-0.39, 0.29) is 0 Å². The molecule has 1 aliphatic rings. The topological polar surface area (TPSA) is 33.7 Å². The Morgan fingerprint density at radius 2 is 1.96 bits per heavy atom. The van der Waals surface area contributed by atoms with Crippen molar-refractivity contribution in [1.82, 2.24) is 10.2 Å². The maximum Gasteiger partial charge on any atom is 0.162 e. The summed E-state index contributed by atoms with van der Waals surface area (Å²) in [5.41, 5.74) is 3.58. The van der Waals surface area contributed by atoms with Crippen molar-refractivity contribution >= 4 is 15.9 Å². The molecule has 1 aliphatic heterocycles. The molecule has 0 radical (unpaired) electrons. The first-order chi connectivity index (χ1) is 13.6. The first-order valence-corrected chi connectivity index (χ1v) is 10.9. The fourth-order valence-electron chi connectivity index (χ4n) is 3.75. The molecule has 2 aromatic rings. The molecule has 0 bridgehead atoms. The van der Waals surface area contributed by atoms with Gasteiger partial charge in [0.15, 0.2) is 11.5 Å². The number of hydrogen-bond acceptors (Lipinski definition) is 4. The highest BCUT2D eigenvalue weighted by Crippen LogP contribution is 2.34. The summed E-state index contributed by atoms with van der Waals surface area (Å²) in [5.74, 6) is 1.52. The third kappa shape index (κ3) is 5.49. The number of likely N-dealkylation sites (tertiary alicyclic amines) is 1. The largest absolute Gasteiger partial charge is 0.493 e. The van der Waals surface area contributed by atoms with Crippen LogP contribution in [0.1, 0.15) is 36.5 Å². The zero-order valence-electron chi connectivity index (χ0n) is 17.1. The van der Waals surface area contributed by atoms with E-state index < -0.39 is 0 Å². The van der Waals surface area contributed by atoms with Gasteiger partial charge in [0, 0.05) is 23.6 Å². The number of halogens is 1. The lowest BCUT2D eigenvalue weighted by molar-refractivity contribution is 0.259. The second-order valence-corrected chi connectivity index (χ2v) is 8.28. The maximum atomic E-state index is 6.02. The summed E-state index contributed by atoms with van der Waals surface area (Å²) in [6, 6.07) is 13.1. The van der Waals surface area contributed by atoms with Gasteiger partial charge >= 0.3 is 0 Å². The first kappa shape index (κ1) is 21.2. The maximum absolute atomic E-state index is 6.02. The van der Waals surface area contributed by atoms with Crippen LogP contribution in [0.5, 0.6) is 11.5 Å². The van der Waals surface area contributed by atoms with E-state index in [0.29, 0.717) is 12.6 Å². The van der Waals surface area contributed by atoms with Crippen LogP contribution >= 0.6 is 15.9 Å².